The summed E-state index contributed by atoms with van der Waals surface area (Å²) in [4.78, 5) is 12.2. The molecule has 144 valence electrons. The summed E-state index contributed by atoms with van der Waals surface area (Å²) in [6, 6.07) is 3.60. The molecule has 2 aromatic carbocycles. The van der Waals surface area contributed by atoms with Gasteiger partial charge in [-0.25, -0.2) is 4.39 Å². The highest BCUT2D eigenvalue weighted by Gasteiger charge is 2.38. The first kappa shape index (κ1) is 15.2. The lowest BCUT2D eigenvalue weighted by atomic mass is 9.84. The molecule has 0 atom stereocenters. The normalized spacial score (nSPS) is 27.4. The minimum Gasteiger partial charge on any atom is -0.633 e. The number of ketones is 1. The highest BCUT2D eigenvalue weighted by molar-refractivity contribution is 6.30. The topological polar surface area (TPSA) is 60.4 Å². The second-order valence-electron chi connectivity index (χ2n) is 6.98. The van der Waals surface area contributed by atoms with E-state index in [0.29, 0.717) is 12.0 Å². The quantitative estimate of drug-likeness (QED) is 0.447. The average molecular weight is 396 g/mol. The van der Waals surface area contributed by atoms with Gasteiger partial charge < -0.3 is 15.0 Å². The van der Waals surface area contributed by atoms with Crippen molar-refractivity contribution in [3.05, 3.63) is 75.6 Å². The number of halogens is 2. The predicted octanol–water partition coefficient (Wildman–Crippen LogP) is 4.44. The Morgan fingerprint density at radius 1 is 1.22 bits per heavy atom. The maximum atomic E-state index is 13.0. The number of piperidine rings is 1. The fourth-order valence-electron chi connectivity index (χ4n) is 3.33. The number of likely N-dealkylation sites (tertiary alicyclic amines) is 1. The van der Waals surface area contributed by atoms with E-state index in [1.54, 1.807) is 0 Å². The molecule has 0 amide bonds. The van der Waals surface area contributed by atoms with Crippen LogP contribution in [0.4, 0.5) is 4.39 Å². The molecule has 0 radical (unpaired) electrons. The van der Waals surface area contributed by atoms with E-state index in [1.165, 1.54) is 24.3 Å². The number of hydrogen-bond donors (Lipinski definition) is 1. The first-order chi connectivity index (χ1) is 14.5. The molecule has 0 bridgehead atoms. The summed E-state index contributed by atoms with van der Waals surface area (Å²) < 4.78 is 44.3. The smallest absolute Gasteiger partial charge is 0.163 e. The lowest BCUT2D eigenvalue weighted by Crippen LogP contribution is -2.53. The molecular formula is C21H23ClFNO3. The minimum absolute atomic E-state index is 0.0173. The molecule has 0 aliphatic carbocycles. The number of benzene rings is 2. The Morgan fingerprint density at radius 2 is 1.81 bits per heavy atom. The van der Waals surface area contributed by atoms with Crippen LogP contribution in [0.2, 0.25) is 5.02 Å². The number of carbonyl (C=O) groups is 1. The highest BCUT2D eigenvalue weighted by Crippen LogP contribution is 2.36. The Hall–Kier alpha value is -1.79. The molecule has 0 aromatic heterocycles. The van der Waals surface area contributed by atoms with Crippen LogP contribution in [0.1, 0.15) is 47.1 Å². The van der Waals surface area contributed by atoms with Gasteiger partial charge in [0.15, 0.2) is 5.78 Å². The van der Waals surface area contributed by atoms with Crippen LogP contribution in [0, 0.1) is 11.0 Å². The van der Waals surface area contributed by atoms with Crippen molar-refractivity contribution in [2.75, 3.05) is 19.6 Å². The number of quaternary nitrogens is 1. The van der Waals surface area contributed by atoms with Gasteiger partial charge in [-0.15, -0.1) is 0 Å². The fraction of sp³-hybridized carbons (Fsp3) is 0.381. The van der Waals surface area contributed by atoms with Gasteiger partial charge in [0.1, 0.15) is 11.4 Å². The molecule has 0 unspecified atom stereocenters. The zero-order valence-corrected chi connectivity index (χ0v) is 15.5. The van der Waals surface area contributed by atoms with Gasteiger partial charge in [0.2, 0.25) is 0 Å². The molecule has 3 rings (SSSR count). The molecule has 27 heavy (non-hydrogen) atoms. The highest BCUT2D eigenvalue weighted by atomic mass is 35.5. The van der Waals surface area contributed by atoms with E-state index in [4.69, 9.17) is 17.1 Å². The maximum absolute atomic E-state index is 13.0. The standard InChI is InChI=1S/C21H23ClFNO3/c22-18-7-5-17(6-8-18)21(26)11-14-24(27,15-12-21)13-1-2-20(25)16-3-9-19(23)10-4-16/h3-10,26H,1-2,11-15H2/i5D,6D,7D,8D. The van der Waals surface area contributed by atoms with Gasteiger partial charge in [0.25, 0.3) is 0 Å². The number of Topliss-reactive ketones (excluding diaryl/α,β-unsaturated/α-hetero) is 1. The van der Waals surface area contributed by atoms with Crippen LogP contribution in [0.15, 0.2) is 48.4 Å². The Bertz CT molecular complexity index is 966. The monoisotopic (exact) mass is 395 g/mol. The average Bonchev–Trinajstić information content (AvgIpc) is 2.74. The molecule has 1 aliphatic heterocycles. The zero-order valence-electron chi connectivity index (χ0n) is 18.7. The number of carbonyl (C=O) groups excluding carboxylic acids is 1. The molecule has 1 heterocycles. The van der Waals surface area contributed by atoms with Crippen molar-refractivity contribution in [1.29, 1.82) is 0 Å². The maximum Gasteiger partial charge on any atom is 0.163 e. The molecule has 1 aliphatic rings. The largest absolute Gasteiger partial charge is 0.633 e. The van der Waals surface area contributed by atoms with Gasteiger partial charge in [-0.2, -0.15) is 0 Å². The Balaban J connectivity index is 1.64. The summed E-state index contributed by atoms with van der Waals surface area (Å²) in [5.41, 5.74) is -1.40. The van der Waals surface area contributed by atoms with Gasteiger partial charge in [0.05, 0.1) is 25.1 Å². The van der Waals surface area contributed by atoms with Crippen LogP contribution < -0.4 is 0 Å². The number of hydrogen-bond acceptors (Lipinski definition) is 3. The van der Waals surface area contributed by atoms with E-state index in [9.17, 15) is 19.5 Å². The Morgan fingerprint density at radius 3 is 2.41 bits per heavy atom. The van der Waals surface area contributed by atoms with E-state index in [1.807, 2.05) is 0 Å². The molecule has 1 fully saturated rings. The molecule has 0 saturated carbocycles. The second kappa shape index (κ2) is 8.07. The van der Waals surface area contributed by atoms with Crippen LogP contribution in [-0.4, -0.2) is 35.2 Å². The molecule has 1 N–H and O–H groups in total. The van der Waals surface area contributed by atoms with E-state index in [0.717, 1.165) is 0 Å². The SMILES string of the molecule is [2H]c1c([2H])c(C2(O)CC[N+]([O-])(CCCC(=O)c3ccc(F)cc3)CC2)c([2H])c([2H])c1Cl. The van der Waals surface area contributed by atoms with Gasteiger partial charge in [0, 0.05) is 36.3 Å². The van der Waals surface area contributed by atoms with Crippen LogP contribution >= 0.6 is 11.6 Å². The number of hydroxylamine groups is 3. The molecule has 6 heteroatoms. The molecular weight excluding hydrogens is 369 g/mol. The van der Waals surface area contributed by atoms with Gasteiger partial charge in [-0.3, -0.25) is 4.79 Å². The molecule has 4 nitrogen and oxygen atoms in total. The lowest BCUT2D eigenvalue weighted by Gasteiger charge is -2.50. The third-order valence-corrected chi connectivity index (χ3v) is 5.25. The van der Waals surface area contributed by atoms with Crippen molar-refractivity contribution in [3.63, 3.8) is 0 Å². The lowest BCUT2D eigenvalue weighted by molar-refractivity contribution is -0.888. The summed E-state index contributed by atoms with van der Waals surface area (Å²) in [7, 11) is 0. The summed E-state index contributed by atoms with van der Waals surface area (Å²) in [6.07, 6.45) is 0.426. The van der Waals surface area contributed by atoms with Crippen LogP contribution in [0.25, 0.3) is 0 Å². The van der Waals surface area contributed by atoms with Gasteiger partial charge in [-0.1, -0.05) is 23.7 Å². The fourth-order valence-corrected chi connectivity index (χ4v) is 3.42. The van der Waals surface area contributed by atoms with Crippen LogP contribution in [-0.2, 0) is 5.60 Å². The number of rotatable bonds is 6. The van der Waals surface area contributed by atoms with Crippen molar-refractivity contribution >= 4 is 17.4 Å². The Labute approximate surface area is 169 Å². The number of nitrogens with zero attached hydrogens (tertiary/aromatic N) is 1. The van der Waals surface area contributed by atoms with E-state index in [-0.39, 0.29) is 55.3 Å². The first-order valence-corrected chi connectivity index (χ1v) is 9.20. The summed E-state index contributed by atoms with van der Waals surface area (Å²) in [6.45, 7) is 0.200. The van der Waals surface area contributed by atoms with E-state index >= 15 is 0 Å². The van der Waals surface area contributed by atoms with Gasteiger partial charge >= 0.3 is 0 Å². The predicted molar refractivity (Wildman–Crippen MR) is 103 cm³/mol. The van der Waals surface area contributed by atoms with Crippen molar-refractivity contribution in [1.82, 2.24) is 0 Å². The first-order valence-electron chi connectivity index (χ1n) is 10.8. The minimum atomic E-state index is -1.65. The second-order valence-corrected chi connectivity index (χ2v) is 7.36. The molecule has 1 saturated heterocycles. The third kappa shape index (κ3) is 4.93. The third-order valence-electron chi connectivity index (χ3n) is 5.06. The van der Waals surface area contributed by atoms with Crippen molar-refractivity contribution in [3.8, 4) is 0 Å². The van der Waals surface area contributed by atoms with Gasteiger partial charge in [-0.05, 0) is 41.9 Å². The van der Waals surface area contributed by atoms with Crippen LogP contribution in [0.5, 0.6) is 0 Å². The van der Waals surface area contributed by atoms with E-state index < -0.39 is 40.2 Å². The Kier molecular flexibility index (Phi) is 4.53. The number of aliphatic hydroxyl groups is 1. The summed E-state index contributed by atoms with van der Waals surface area (Å²) in [5.74, 6) is -0.603. The summed E-state index contributed by atoms with van der Waals surface area (Å²) >= 11 is 5.83. The molecule has 2 aromatic rings. The summed E-state index contributed by atoms with van der Waals surface area (Å²) in [5, 5.41) is 23.8. The van der Waals surface area contributed by atoms with Crippen molar-refractivity contribution < 1.29 is 24.4 Å². The van der Waals surface area contributed by atoms with Crippen LogP contribution in [0.3, 0.4) is 0 Å². The zero-order chi connectivity index (χ0) is 23.0. The van der Waals surface area contributed by atoms with E-state index in [2.05, 4.69) is 0 Å². The van der Waals surface area contributed by atoms with Crippen molar-refractivity contribution in [2.24, 2.45) is 0 Å². The van der Waals surface area contributed by atoms with Crippen molar-refractivity contribution in [2.45, 2.75) is 31.3 Å². The molecule has 0 spiro atoms.